The van der Waals surface area contributed by atoms with Crippen molar-refractivity contribution in [3.8, 4) is 0 Å². The van der Waals surface area contributed by atoms with Crippen molar-refractivity contribution < 1.29 is 22.8 Å². The van der Waals surface area contributed by atoms with Gasteiger partial charge in [-0.2, -0.15) is 13.2 Å². The maximum Gasteiger partial charge on any atom is 0.449 e. The largest absolute Gasteiger partial charge is 0.449 e. The fraction of sp³-hybridized carbons (Fsp3) is 0.273. The first-order chi connectivity index (χ1) is 16.1. The van der Waals surface area contributed by atoms with Crippen LogP contribution in [0.15, 0.2) is 41.2 Å². The standard InChI is InChI=1S/C22H17F3N6O3/c23-22(24,25)19-27-14-3-1-2-11(16(14)30-19)18(33)31-8-21(9-31)7-12(21)17(32)26-10-4-5-13-15(6-10)29-20(34)28-13/h1-6,12H,7-9H2,(H,26,32)(H,27,30)(H2,28,29,34). The molecule has 1 aliphatic carbocycles. The smallest absolute Gasteiger partial charge is 0.337 e. The number of benzene rings is 2. The number of amides is 2. The minimum absolute atomic E-state index is 0.0240. The van der Waals surface area contributed by atoms with Crippen molar-refractivity contribution in [1.82, 2.24) is 24.8 Å². The number of carbonyl (C=O) groups excluding carboxylic acids is 2. The highest BCUT2D eigenvalue weighted by Gasteiger charge is 2.65. The summed E-state index contributed by atoms with van der Waals surface area (Å²) in [7, 11) is 0. The number of rotatable bonds is 3. The monoisotopic (exact) mass is 470 g/mol. The topological polar surface area (TPSA) is 127 Å². The fourth-order valence-corrected chi connectivity index (χ4v) is 4.77. The maximum absolute atomic E-state index is 13.0. The van der Waals surface area contributed by atoms with E-state index in [0.29, 0.717) is 36.2 Å². The zero-order chi connectivity index (χ0) is 23.8. The molecule has 1 saturated heterocycles. The number of alkyl halides is 3. The number of likely N-dealkylation sites (tertiary alicyclic amines) is 1. The van der Waals surface area contributed by atoms with Crippen molar-refractivity contribution in [2.45, 2.75) is 12.6 Å². The van der Waals surface area contributed by atoms with Gasteiger partial charge in [-0.1, -0.05) is 6.07 Å². The molecule has 2 aliphatic rings. The summed E-state index contributed by atoms with van der Waals surface area (Å²) >= 11 is 0. The lowest BCUT2D eigenvalue weighted by Gasteiger charge is -2.40. The number of para-hydroxylation sites is 1. The lowest BCUT2D eigenvalue weighted by Crippen LogP contribution is -2.53. The summed E-state index contributed by atoms with van der Waals surface area (Å²) in [6.07, 6.45) is -4.02. The van der Waals surface area contributed by atoms with E-state index in [1.54, 1.807) is 18.2 Å². The van der Waals surface area contributed by atoms with Crippen molar-refractivity contribution in [1.29, 1.82) is 0 Å². The van der Waals surface area contributed by atoms with E-state index in [1.807, 2.05) is 0 Å². The number of hydrogen-bond donors (Lipinski definition) is 4. The molecule has 12 heteroatoms. The number of aromatic nitrogens is 4. The van der Waals surface area contributed by atoms with E-state index in [2.05, 4.69) is 25.3 Å². The Balaban J connectivity index is 1.13. The van der Waals surface area contributed by atoms with Gasteiger partial charge in [-0.3, -0.25) is 9.59 Å². The number of anilines is 1. The summed E-state index contributed by atoms with van der Waals surface area (Å²) < 4.78 is 39.0. The van der Waals surface area contributed by atoms with E-state index in [0.717, 1.165) is 0 Å². The number of nitrogens with zero attached hydrogens (tertiary/aromatic N) is 2. The second-order valence-corrected chi connectivity index (χ2v) is 8.89. The molecule has 4 N–H and O–H groups in total. The maximum atomic E-state index is 13.0. The first-order valence-corrected chi connectivity index (χ1v) is 10.5. The number of halogens is 3. The second kappa shape index (κ2) is 6.72. The van der Waals surface area contributed by atoms with Gasteiger partial charge in [-0.25, -0.2) is 9.78 Å². The lowest BCUT2D eigenvalue weighted by molar-refractivity contribution is -0.144. The molecule has 2 amide bonds. The molecule has 2 aromatic carbocycles. The predicted octanol–water partition coefficient (Wildman–Crippen LogP) is 2.85. The van der Waals surface area contributed by atoms with Crippen LogP contribution in [0.1, 0.15) is 22.6 Å². The van der Waals surface area contributed by atoms with Gasteiger partial charge in [0.05, 0.1) is 22.1 Å². The number of H-pyrrole nitrogens is 3. The summed E-state index contributed by atoms with van der Waals surface area (Å²) in [5.74, 6) is -2.00. The van der Waals surface area contributed by atoms with E-state index in [1.165, 1.54) is 23.1 Å². The Morgan fingerprint density at radius 1 is 1.06 bits per heavy atom. The average molecular weight is 470 g/mol. The highest BCUT2D eigenvalue weighted by molar-refractivity contribution is 6.05. The van der Waals surface area contributed by atoms with Gasteiger partial charge in [-0.15, -0.1) is 0 Å². The average Bonchev–Trinajstić information content (AvgIpc) is 3.15. The van der Waals surface area contributed by atoms with Crippen LogP contribution in [-0.4, -0.2) is 49.7 Å². The second-order valence-electron chi connectivity index (χ2n) is 8.89. The van der Waals surface area contributed by atoms with Crippen LogP contribution in [0.4, 0.5) is 18.9 Å². The van der Waals surface area contributed by atoms with Crippen molar-refractivity contribution in [3.05, 3.63) is 58.3 Å². The van der Waals surface area contributed by atoms with Gasteiger partial charge in [0, 0.05) is 30.1 Å². The molecule has 1 saturated carbocycles. The highest BCUT2D eigenvalue weighted by atomic mass is 19.4. The Labute approximate surface area is 188 Å². The van der Waals surface area contributed by atoms with Gasteiger partial charge in [0.25, 0.3) is 5.91 Å². The quantitative estimate of drug-likeness (QED) is 0.367. The Hall–Kier alpha value is -4.09. The molecular formula is C22H17F3N6O3. The third-order valence-electron chi connectivity index (χ3n) is 6.60. The molecule has 2 fully saturated rings. The number of imidazole rings is 2. The number of aromatic amines is 3. The van der Waals surface area contributed by atoms with Gasteiger partial charge in [0.15, 0.2) is 0 Å². The normalized spacial score (nSPS) is 18.9. The van der Waals surface area contributed by atoms with Gasteiger partial charge in [-0.05, 0) is 36.8 Å². The van der Waals surface area contributed by atoms with Crippen molar-refractivity contribution >= 4 is 39.6 Å². The zero-order valence-electron chi connectivity index (χ0n) is 17.4. The number of hydrogen-bond acceptors (Lipinski definition) is 4. The van der Waals surface area contributed by atoms with Crippen LogP contribution in [0.5, 0.6) is 0 Å². The molecule has 1 unspecified atom stereocenters. The zero-order valence-corrected chi connectivity index (χ0v) is 17.4. The minimum atomic E-state index is -4.64. The Morgan fingerprint density at radius 2 is 1.82 bits per heavy atom. The van der Waals surface area contributed by atoms with E-state index < -0.39 is 17.9 Å². The summed E-state index contributed by atoms with van der Waals surface area (Å²) in [5, 5.41) is 2.85. The molecule has 4 aromatic rings. The van der Waals surface area contributed by atoms with Crippen LogP contribution in [0.2, 0.25) is 0 Å². The highest BCUT2D eigenvalue weighted by Crippen LogP contribution is 2.59. The molecule has 1 spiro atoms. The van der Waals surface area contributed by atoms with E-state index >= 15 is 0 Å². The van der Waals surface area contributed by atoms with Crippen LogP contribution < -0.4 is 11.0 Å². The molecular weight excluding hydrogens is 453 g/mol. The van der Waals surface area contributed by atoms with Gasteiger partial charge in [0.1, 0.15) is 5.52 Å². The molecule has 0 bridgehead atoms. The van der Waals surface area contributed by atoms with Crippen molar-refractivity contribution in [2.24, 2.45) is 11.3 Å². The predicted molar refractivity (Wildman–Crippen MR) is 115 cm³/mol. The summed E-state index contributed by atoms with van der Waals surface area (Å²) in [5.41, 5.74) is 1.31. The number of nitrogens with one attached hydrogen (secondary N) is 4. The molecule has 3 heterocycles. The minimum Gasteiger partial charge on any atom is -0.337 e. The summed E-state index contributed by atoms with van der Waals surface area (Å²) in [6.45, 7) is 0.696. The van der Waals surface area contributed by atoms with Crippen LogP contribution in [-0.2, 0) is 11.0 Å². The molecule has 1 aliphatic heterocycles. The van der Waals surface area contributed by atoms with Crippen molar-refractivity contribution in [3.63, 3.8) is 0 Å². The van der Waals surface area contributed by atoms with Crippen LogP contribution in [0.25, 0.3) is 22.1 Å². The Morgan fingerprint density at radius 3 is 2.59 bits per heavy atom. The molecule has 9 nitrogen and oxygen atoms in total. The van der Waals surface area contributed by atoms with Crippen LogP contribution >= 0.6 is 0 Å². The molecule has 0 radical (unpaired) electrons. The van der Waals surface area contributed by atoms with Gasteiger partial charge >= 0.3 is 11.9 Å². The summed E-state index contributed by atoms with van der Waals surface area (Å²) in [6, 6.07) is 9.44. The van der Waals surface area contributed by atoms with Crippen LogP contribution in [0, 0.1) is 11.3 Å². The summed E-state index contributed by atoms with van der Waals surface area (Å²) in [4.78, 5) is 49.7. The first-order valence-electron chi connectivity index (χ1n) is 10.5. The Bertz CT molecular complexity index is 1540. The van der Waals surface area contributed by atoms with Crippen LogP contribution in [0.3, 0.4) is 0 Å². The third-order valence-corrected chi connectivity index (χ3v) is 6.60. The number of fused-ring (bicyclic) bond motifs is 2. The number of carbonyl (C=O) groups is 2. The molecule has 174 valence electrons. The first kappa shape index (κ1) is 20.5. The molecule has 6 rings (SSSR count). The van der Waals surface area contributed by atoms with Crippen molar-refractivity contribution in [2.75, 3.05) is 18.4 Å². The molecule has 2 aromatic heterocycles. The van der Waals surface area contributed by atoms with E-state index in [-0.39, 0.29) is 39.5 Å². The molecule has 1 atom stereocenters. The lowest BCUT2D eigenvalue weighted by atomic mass is 9.92. The third kappa shape index (κ3) is 3.17. The SMILES string of the molecule is O=C(Nc1ccc2[nH]c(=O)[nH]c2c1)C1CC12CN(C(=O)c1cccc3[nH]c(C(F)(F)F)nc13)C2. The van der Waals surface area contributed by atoms with Gasteiger partial charge in [0.2, 0.25) is 11.7 Å². The fourth-order valence-electron chi connectivity index (χ4n) is 4.77. The van der Waals surface area contributed by atoms with E-state index in [9.17, 15) is 27.6 Å². The van der Waals surface area contributed by atoms with E-state index in [4.69, 9.17) is 0 Å². The van der Waals surface area contributed by atoms with Gasteiger partial charge < -0.3 is 25.2 Å². The molecule has 34 heavy (non-hydrogen) atoms. The Kier molecular flexibility index (Phi) is 4.05.